The minimum absolute atomic E-state index is 0.0861. The SMILES string of the molecule is CN(C)c1nsc(N2CCC(Cc3ccc(CC(=O)O)cc3)C2)n1. The molecule has 1 N–H and O–H groups in total. The van der Waals surface area contributed by atoms with E-state index in [4.69, 9.17) is 5.11 Å². The summed E-state index contributed by atoms with van der Waals surface area (Å²) in [4.78, 5) is 19.5. The van der Waals surface area contributed by atoms with Gasteiger partial charge in [0.1, 0.15) is 0 Å². The van der Waals surface area contributed by atoms with E-state index >= 15 is 0 Å². The van der Waals surface area contributed by atoms with Crippen LogP contribution in [0.5, 0.6) is 0 Å². The van der Waals surface area contributed by atoms with Gasteiger partial charge in [-0.25, -0.2) is 0 Å². The Bertz CT molecular complexity index is 699. The monoisotopic (exact) mass is 346 g/mol. The van der Waals surface area contributed by atoms with Crippen molar-refractivity contribution in [2.75, 3.05) is 37.0 Å². The van der Waals surface area contributed by atoms with Crippen LogP contribution in [0.2, 0.25) is 0 Å². The third-order valence-electron chi connectivity index (χ3n) is 4.26. The van der Waals surface area contributed by atoms with Crippen LogP contribution in [-0.2, 0) is 17.6 Å². The molecule has 1 aromatic carbocycles. The average Bonchev–Trinajstić information content (AvgIpc) is 3.17. The van der Waals surface area contributed by atoms with E-state index < -0.39 is 5.97 Å². The molecular weight excluding hydrogens is 324 g/mol. The van der Waals surface area contributed by atoms with E-state index in [2.05, 4.69) is 26.4 Å². The third kappa shape index (κ3) is 4.03. The van der Waals surface area contributed by atoms with Crippen molar-refractivity contribution in [3.05, 3.63) is 35.4 Å². The van der Waals surface area contributed by atoms with Crippen LogP contribution in [-0.4, -0.2) is 47.6 Å². The van der Waals surface area contributed by atoms with Crippen LogP contribution in [0.4, 0.5) is 11.1 Å². The number of carboxylic acid groups (broad SMARTS) is 1. The molecule has 0 aliphatic carbocycles. The summed E-state index contributed by atoms with van der Waals surface area (Å²) in [7, 11) is 3.90. The van der Waals surface area contributed by atoms with Crippen molar-refractivity contribution in [1.29, 1.82) is 0 Å². The molecule has 1 aliphatic heterocycles. The molecule has 2 heterocycles. The predicted octanol–water partition coefficient (Wildman–Crippen LogP) is 2.30. The van der Waals surface area contributed by atoms with E-state index in [1.54, 1.807) is 0 Å². The van der Waals surface area contributed by atoms with Gasteiger partial charge in [-0.05, 0) is 29.9 Å². The molecule has 0 spiro atoms. The first-order chi connectivity index (χ1) is 11.5. The van der Waals surface area contributed by atoms with Gasteiger partial charge in [-0.2, -0.15) is 9.36 Å². The van der Waals surface area contributed by atoms with Crippen LogP contribution in [0.1, 0.15) is 17.5 Å². The lowest BCUT2D eigenvalue weighted by Gasteiger charge is -2.14. The number of hydrogen-bond donors (Lipinski definition) is 1. The first kappa shape index (κ1) is 16.7. The molecule has 1 saturated heterocycles. The number of benzene rings is 1. The number of aromatic nitrogens is 2. The van der Waals surface area contributed by atoms with Crippen molar-refractivity contribution >= 4 is 28.6 Å². The second-order valence-corrected chi connectivity index (χ2v) is 7.19. The highest BCUT2D eigenvalue weighted by molar-refractivity contribution is 7.09. The minimum Gasteiger partial charge on any atom is -0.481 e. The molecule has 1 aromatic heterocycles. The Morgan fingerprint density at radius 3 is 2.67 bits per heavy atom. The molecular formula is C17H22N4O2S. The van der Waals surface area contributed by atoms with Crippen LogP contribution < -0.4 is 9.80 Å². The number of nitrogens with zero attached hydrogens (tertiary/aromatic N) is 4. The highest BCUT2D eigenvalue weighted by Gasteiger charge is 2.25. The fraction of sp³-hybridized carbons (Fsp3) is 0.471. The van der Waals surface area contributed by atoms with Gasteiger partial charge in [0.2, 0.25) is 11.1 Å². The second-order valence-electron chi connectivity index (χ2n) is 6.46. The number of rotatable bonds is 6. The summed E-state index contributed by atoms with van der Waals surface area (Å²) in [6, 6.07) is 7.95. The molecule has 1 atom stereocenters. The molecule has 0 amide bonds. The van der Waals surface area contributed by atoms with Crippen LogP contribution in [0.3, 0.4) is 0 Å². The first-order valence-corrected chi connectivity index (χ1v) is 8.84. The van der Waals surface area contributed by atoms with Crippen molar-refractivity contribution in [2.24, 2.45) is 5.92 Å². The molecule has 24 heavy (non-hydrogen) atoms. The Morgan fingerprint density at radius 1 is 1.33 bits per heavy atom. The Labute approximate surface area is 145 Å². The van der Waals surface area contributed by atoms with Crippen LogP contribution in [0.15, 0.2) is 24.3 Å². The Hall–Kier alpha value is -2.15. The van der Waals surface area contributed by atoms with Gasteiger partial charge in [0, 0.05) is 38.7 Å². The molecule has 7 heteroatoms. The van der Waals surface area contributed by atoms with Crippen molar-refractivity contribution in [2.45, 2.75) is 19.3 Å². The zero-order valence-corrected chi connectivity index (χ0v) is 14.8. The van der Waals surface area contributed by atoms with Gasteiger partial charge in [0.15, 0.2) is 0 Å². The fourth-order valence-electron chi connectivity index (χ4n) is 2.99. The van der Waals surface area contributed by atoms with Crippen LogP contribution in [0, 0.1) is 5.92 Å². The molecule has 2 aromatic rings. The summed E-state index contributed by atoms with van der Waals surface area (Å²) in [5, 5.41) is 9.82. The Kier molecular flexibility index (Phi) is 4.99. The zero-order valence-electron chi connectivity index (χ0n) is 14.0. The number of carboxylic acids is 1. The van der Waals surface area contributed by atoms with Crippen molar-refractivity contribution in [1.82, 2.24) is 9.36 Å². The van der Waals surface area contributed by atoms with E-state index in [1.165, 1.54) is 17.1 Å². The summed E-state index contributed by atoms with van der Waals surface area (Å²) < 4.78 is 4.37. The number of aliphatic carboxylic acids is 1. The Balaban J connectivity index is 1.56. The lowest BCUT2D eigenvalue weighted by Crippen LogP contribution is -2.20. The number of anilines is 2. The molecule has 3 rings (SSSR count). The lowest BCUT2D eigenvalue weighted by atomic mass is 9.97. The van der Waals surface area contributed by atoms with E-state index in [0.29, 0.717) is 5.92 Å². The van der Waals surface area contributed by atoms with Crippen molar-refractivity contribution < 1.29 is 9.90 Å². The van der Waals surface area contributed by atoms with Gasteiger partial charge in [0.05, 0.1) is 6.42 Å². The zero-order chi connectivity index (χ0) is 17.1. The van der Waals surface area contributed by atoms with Gasteiger partial charge in [0.25, 0.3) is 0 Å². The minimum atomic E-state index is -0.789. The second kappa shape index (κ2) is 7.17. The lowest BCUT2D eigenvalue weighted by molar-refractivity contribution is -0.136. The number of carbonyl (C=O) groups is 1. The van der Waals surface area contributed by atoms with Gasteiger partial charge >= 0.3 is 5.97 Å². The molecule has 128 valence electrons. The molecule has 6 nitrogen and oxygen atoms in total. The molecule has 0 radical (unpaired) electrons. The maximum Gasteiger partial charge on any atom is 0.307 e. The van der Waals surface area contributed by atoms with Gasteiger partial charge < -0.3 is 14.9 Å². The summed E-state index contributed by atoms with van der Waals surface area (Å²) >= 11 is 1.46. The van der Waals surface area contributed by atoms with E-state index in [0.717, 1.165) is 42.6 Å². The third-order valence-corrected chi connectivity index (χ3v) is 5.03. The smallest absolute Gasteiger partial charge is 0.307 e. The van der Waals surface area contributed by atoms with Crippen LogP contribution in [0.25, 0.3) is 0 Å². The highest BCUT2D eigenvalue weighted by atomic mass is 32.1. The summed E-state index contributed by atoms with van der Waals surface area (Å²) in [5.74, 6) is 0.581. The number of hydrogen-bond acceptors (Lipinski definition) is 6. The molecule has 1 fully saturated rings. The molecule has 1 unspecified atom stereocenters. The van der Waals surface area contributed by atoms with Gasteiger partial charge in [-0.3, -0.25) is 4.79 Å². The summed E-state index contributed by atoms with van der Waals surface area (Å²) in [5.41, 5.74) is 2.12. The quantitative estimate of drug-likeness (QED) is 0.865. The topological polar surface area (TPSA) is 69.6 Å². The van der Waals surface area contributed by atoms with Crippen LogP contribution >= 0.6 is 11.5 Å². The van der Waals surface area contributed by atoms with E-state index in [1.807, 2.05) is 31.1 Å². The van der Waals surface area contributed by atoms with Gasteiger partial charge in [-0.1, -0.05) is 24.3 Å². The molecule has 0 saturated carbocycles. The maximum absolute atomic E-state index is 10.7. The van der Waals surface area contributed by atoms with E-state index in [9.17, 15) is 4.79 Å². The Morgan fingerprint density at radius 2 is 2.04 bits per heavy atom. The summed E-state index contributed by atoms with van der Waals surface area (Å²) in [6.07, 6.45) is 2.25. The standard InChI is InChI=1S/C17H22N4O2S/c1-20(2)16-18-17(24-19-16)21-8-7-14(11-21)9-12-3-5-13(6-4-12)10-15(22)23/h3-6,14H,7-11H2,1-2H3,(H,22,23). The predicted molar refractivity (Wildman–Crippen MR) is 96.0 cm³/mol. The molecule has 1 aliphatic rings. The van der Waals surface area contributed by atoms with Crippen molar-refractivity contribution in [3.8, 4) is 0 Å². The molecule has 0 bridgehead atoms. The highest BCUT2D eigenvalue weighted by Crippen LogP contribution is 2.28. The fourth-order valence-corrected chi connectivity index (χ4v) is 3.76. The average molecular weight is 346 g/mol. The maximum atomic E-state index is 10.7. The van der Waals surface area contributed by atoms with Gasteiger partial charge in [-0.15, -0.1) is 0 Å². The largest absolute Gasteiger partial charge is 0.481 e. The summed E-state index contributed by atoms with van der Waals surface area (Å²) in [6.45, 7) is 2.02. The first-order valence-electron chi connectivity index (χ1n) is 8.07. The van der Waals surface area contributed by atoms with E-state index in [-0.39, 0.29) is 6.42 Å². The normalized spacial score (nSPS) is 17.2. The van der Waals surface area contributed by atoms with Crippen molar-refractivity contribution in [3.63, 3.8) is 0 Å².